The maximum absolute atomic E-state index is 13.3. The van der Waals surface area contributed by atoms with Crippen molar-refractivity contribution in [3.8, 4) is 0 Å². The van der Waals surface area contributed by atoms with Crippen LogP contribution in [0.1, 0.15) is 55.7 Å². The van der Waals surface area contributed by atoms with Crippen LogP contribution in [-0.2, 0) is 32.1 Å². The molecule has 1 amide bonds. The Hall–Kier alpha value is -0.890. The molecular weight excluding hydrogens is 514 g/mol. The van der Waals surface area contributed by atoms with Crippen LogP contribution in [0.25, 0.3) is 5.57 Å². The van der Waals surface area contributed by atoms with Crippen LogP contribution in [-0.4, -0.2) is 30.9 Å². The summed E-state index contributed by atoms with van der Waals surface area (Å²) in [4.78, 5) is 13.3. The van der Waals surface area contributed by atoms with Gasteiger partial charge in [0, 0.05) is 16.7 Å². The molecule has 1 fully saturated rings. The van der Waals surface area contributed by atoms with Crippen LogP contribution in [0, 0.1) is 6.92 Å². The molecule has 1 unspecified atom stereocenters. The number of rotatable bonds is 6. The molecule has 0 aromatic heterocycles. The van der Waals surface area contributed by atoms with Crippen molar-refractivity contribution in [2.24, 2.45) is 0 Å². The van der Waals surface area contributed by atoms with Crippen molar-refractivity contribution in [3.63, 3.8) is 0 Å². The molecule has 1 aliphatic carbocycles. The van der Waals surface area contributed by atoms with E-state index in [0.29, 0.717) is 36.2 Å². The molecule has 1 aromatic carbocycles. The minimum absolute atomic E-state index is 0.290. The summed E-state index contributed by atoms with van der Waals surface area (Å²) in [6.07, 6.45) is 0.256. The molecule has 1 aromatic rings. The molecule has 31 heavy (non-hydrogen) atoms. The number of alkyl halides is 3. The van der Waals surface area contributed by atoms with Gasteiger partial charge in [-0.05, 0) is 55.2 Å². The van der Waals surface area contributed by atoms with Crippen LogP contribution in [0.4, 0.5) is 13.2 Å². The molecule has 1 heterocycles. The predicted octanol–water partition coefficient (Wildman–Crippen LogP) is 6.40. The highest BCUT2D eigenvalue weighted by atomic mass is 79.9. The van der Waals surface area contributed by atoms with E-state index in [1.165, 1.54) is 6.66 Å². The van der Waals surface area contributed by atoms with E-state index in [-0.39, 0.29) is 5.91 Å². The third kappa shape index (κ3) is 5.55. The number of benzene rings is 1. The van der Waals surface area contributed by atoms with E-state index < -0.39 is 24.8 Å². The highest BCUT2D eigenvalue weighted by molar-refractivity contribution is 9.10. The van der Waals surface area contributed by atoms with Gasteiger partial charge in [0.2, 0.25) is 6.49 Å². The molecule has 10 heteroatoms. The average Bonchev–Trinajstić information content (AvgIpc) is 2.90. The second-order valence-electron chi connectivity index (χ2n) is 8.19. The Morgan fingerprint density at radius 2 is 1.90 bits per heavy atom. The molecule has 1 atom stereocenters. The van der Waals surface area contributed by atoms with Gasteiger partial charge in [-0.2, -0.15) is 13.2 Å². The standard InChI is InChI=1S/C21H26BrF3NO3PS/c1-4-14-10-13(2)11-15(22)16(14)17-18(29-30(3,31)28-12-21(23,24)25)20(26-19(17)27)8-6-5-7-9-20/h10-11H,4-9,12H2,1-3H3,(H,26,27). The van der Waals surface area contributed by atoms with Gasteiger partial charge in [-0.1, -0.05) is 48.2 Å². The fourth-order valence-electron chi connectivity index (χ4n) is 4.30. The summed E-state index contributed by atoms with van der Waals surface area (Å²) >= 11 is 8.92. The molecule has 1 aliphatic heterocycles. The van der Waals surface area contributed by atoms with E-state index in [4.69, 9.17) is 20.9 Å². The summed E-state index contributed by atoms with van der Waals surface area (Å²) in [6.45, 7) is 0.540. The van der Waals surface area contributed by atoms with Gasteiger partial charge in [0.05, 0.1) is 11.1 Å². The summed E-state index contributed by atoms with van der Waals surface area (Å²) in [7, 11) is 0. The van der Waals surface area contributed by atoms with Gasteiger partial charge >= 0.3 is 6.18 Å². The van der Waals surface area contributed by atoms with E-state index in [0.717, 1.165) is 34.9 Å². The summed E-state index contributed by atoms with van der Waals surface area (Å²) in [5.74, 6) is 0.0476. The number of carbonyl (C=O) groups excluding carboxylic acids is 1. The van der Waals surface area contributed by atoms with Gasteiger partial charge in [-0.3, -0.25) is 4.79 Å². The monoisotopic (exact) mass is 539 g/mol. The molecule has 0 bridgehead atoms. The first-order valence-electron chi connectivity index (χ1n) is 10.2. The van der Waals surface area contributed by atoms with E-state index in [9.17, 15) is 18.0 Å². The Morgan fingerprint density at radius 1 is 1.26 bits per heavy atom. The van der Waals surface area contributed by atoms with E-state index in [1.54, 1.807) is 0 Å². The smallest absolute Gasteiger partial charge is 0.412 e. The lowest BCUT2D eigenvalue weighted by molar-refractivity contribution is -0.153. The van der Waals surface area contributed by atoms with Crippen LogP contribution in [0.15, 0.2) is 22.4 Å². The van der Waals surface area contributed by atoms with E-state index >= 15 is 0 Å². The fourth-order valence-corrected chi connectivity index (χ4v) is 6.53. The lowest BCUT2D eigenvalue weighted by atomic mass is 9.80. The first-order valence-corrected chi connectivity index (χ1v) is 14.1. The molecule has 4 nitrogen and oxygen atoms in total. The van der Waals surface area contributed by atoms with Crippen LogP contribution in [0.2, 0.25) is 0 Å². The van der Waals surface area contributed by atoms with Crippen molar-refractivity contribution < 1.29 is 27.0 Å². The molecule has 0 radical (unpaired) electrons. The minimum Gasteiger partial charge on any atom is -0.445 e. The Morgan fingerprint density at radius 3 is 2.48 bits per heavy atom. The van der Waals surface area contributed by atoms with Gasteiger partial charge in [-0.15, -0.1) is 0 Å². The fraction of sp³-hybridized carbons (Fsp3) is 0.571. The molecule has 1 saturated carbocycles. The van der Waals surface area contributed by atoms with Gasteiger partial charge in [0.25, 0.3) is 5.91 Å². The van der Waals surface area contributed by atoms with Crippen LogP contribution >= 0.6 is 22.4 Å². The number of carbonyl (C=O) groups is 1. The van der Waals surface area contributed by atoms with Crippen molar-refractivity contribution in [2.75, 3.05) is 13.3 Å². The summed E-state index contributed by atoms with van der Waals surface area (Å²) in [5.41, 5.74) is 2.27. The lowest BCUT2D eigenvalue weighted by Gasteiger charge is -2.37. The summed E-state index contributed by atoms with van der Waals surface area (Å²) < 4.78 is 50.1. The molecule has 172 valence electrons. The van der Waals surface area contributed by atoms with Gasteiger partial charge in [0.1, 0.15) is 5.76 Å². The first-order chi connectivity index (χ1) is 14.4. The molecular formula is C21H26BrF3NO3PS. The number of amides is 1. The van der Waals surface area contributed by atoms with Crippen LogP contribution < -0.4 is 5.32 Å². The van der Waals surface area contributed by atoms with Crippen LogP contribution in [0.5, 0.6) is 0 Å². The van der Waals surface area contributed by atoms with Crippen molar-refractivity contribution in [1.29, 1.82) is 0 Å². The largest absolute Gasteiger partial charge is 0.445 e. The van der Waals surface area contributed by atoms with Gasteiger partial charge in [0.15, 0.2) is 6.61 Å². The molecule has 1 N–H and O–H groups in total. The molecule has 3 rings (SSSR count). The Bertz CT molecular complexity index is 958. The zero-order valence-electron chi connectivity index (χ0n) is 17.7. The number of aryl methyl sites for hydroxylation is 2. The lowest BCUT2D eigenvalue weighted by Crippen LogP contribution is -2.46. The third-order valence-electron chi connectivity index (χ3n) is 5.62. The molecule has 1 spiro atoms. The third-order valence-corrected chi connectivity index (χ3v) is 7.89. The quantitative estimate of drug-likeness (QED) is 0.425. The number of halogens is 4. The number of hydrogen-bond acceptors (Lipinski definition) is 4. The second-order valence-corrected chi connectivity index (χ2v) is 13.0. The normalized spacial score (nSPS) is 20.7. The maximum atomic E-state index is 13.3. The first kappa shape index (κ1) is 24.7. The maximum Gasteiger partial charge on any atom is 0.412 e. The zero-order chi connectivity index (χ0) is 23.0. The highest BCUT2D eigenvalue weighted by Gasteiger charge is 2.49. The van der Waals surface area contributed by atoms with Crippen molar-refractivity contribution in [2.45, 2.75) is 64.1 Å². The number of nitrogens with one attached hydrogen (secondary N) is 1. The van der Waals surface area contributed by atoms with Crippen molar-refractivity contribution >= 4 is 45.7 Å². The highest BCUT2D eigenvalue weighted by Crippen LogP contribution is 2.55. The average molecular weight is 540 g/mol. The SMILES string of the molecule is CCc1cc(C)cc(Br)c1C1=C(OP(C)(=S)OCC(F)(F)F)C2(CCCCC2)NC1=O. The zero-order valence-corrected chi connectivity index (χ0v) is 21.0. The Kier molecular flexibility index (Phi) is 7.31. The Balaban J connectivity index is 2.15. The van der Waals surface area contributed by atoms with Crippen molar-refractivity contribution in [1.82, 2.24) is 5.32 Å². The molecule has 0 saturated heterocycles. The summed E-state index contributed by atoms with van der Waals surface area (Å²) in [5, 5.41) is 3.09. The minimum atomic E-state index is -4.51. The van der Waals surface area contributed by atoms with Crippen LogP contribution in [0.3, 0.4) is 0 Å². The van der Waals surface area contributed by atoms with Crippen molar-refractivity contribution in [3.05, 3.63) is 39.1 Å². The Labute approximate surface area is 194 Å². The summed E-state index contributed by atoms with van der Waals surface area (Å²) in [6, 6.07) is 3.92. The number of hydrogen-bond donors (Lipinski definition) is 1. The van der Waals surface area contributed by atoms with Gasteiger partial charge in [-0.25, -0.2) is 0 Å². The van der Waals surface area contributed by atoms with Gasteiger partial charge < -0.3 is 14.4 Å². The molecule has 2 aliphatic rings. The topological polar surface area (TPSA) is 47.6 Å². The van der Waals surface area contributed by atoms with E-state index in [1.807, 2.05) is 26.0 Å². The second kappa shape index (κ2) is 9.16. The predicted molar refractivity (Wildman–Crippen MR) is 122 cm³/mol. The van der Waals surface area contributed by atoms with E-state index in [2.05, 4.69) is 21.2 Å².